The van der Waals surface area contributed by atoms with Gasteiger partial charge in [0.2, 0.25) is 0 Å². The molecular weight excluding hydrogens is 312 g/mol. The van der Waals surface area contributed by atoms with Crippen molar-refractivity contribution in [1.82, 2.24) is 0 Å². The van der Waals surface area contributed by atoms with Crippen LogP contribution in [0.2, 0.25) is 5.02 Å². The van der Waals surface area contributed by atoms with Crippen molar-refractivity contribution in [2.24, 2.45) is 0 Å². The summed E-state index contributed by atoms with van der Waals surface area (Å²) in [5.74, 6) is 0. The Morgan fingerprint density at radius 2 is 2.06 bits per heavy atom. The molecule has 0 saturated carbocycles. The first kappa shape index (κ1) is 12.9. The van der Waals surface area contributed by atoms with Gasteiger partial charge in [-0.3, -0.25) is 0 Å². The maximum atomic E-state index is 8.79. The van der Waals surface area contributed by atoms with Gasteiger partial charge in [-0.15, -0.1) is 0 Å². The van der Waals surface area contributed by atoms with E-state index in [1.54, 1.807) is 12.1 Å². The Morgan fingerprint density at radius 3 is 2.72 bits per heavy atom. The number of hydrogen-bond donors (Lipinski definition) is 1. The molecule has 2 aromatic rings. The lowest BCUT2D eigenvalue weighted by Gasteiger charge is -2.09. The van der Waals surface area contributed by atoms with Gasteiger partial charge in [0.25, 0.3) is 0 Å². The highest BCUT2D eigenvalue weighted by Crippen LogP contribution is 2.24. The van der Waals surface area contributed by atoms with Crippen molar-refractivity contribution in [2.75, 3.05) is 5.32 Å². The minimum Gasteiger partial charge on any atom is -0.380 e. The minimum atomic E-state index is 0.634. The fourth-order valence-electron chi connectivity index (χ4n) is 1.57. The Kier molecular flexibility index (Phi) is 4.24. The molecule has 0 aliphatic carbocycles. The van der Waals surface area contributed by atoms with Crippen LogP contribution in [-0.4, -0.2) is 0 Å². The monoisotopic (exact) mass is 320 g/mol. The summed E-state index contributed by atoms with van der Waals surface area (Å²) in [6, 6.07) is 15.3. The molecule has 0 amide bonds. The van der Waals surface area contributed by atoms with Crippen LogP contribution in [0.25, 0.3) is 0 Å². The van der Waals surface area contributed by atoms with Crippen molar-refractivity contribution in [3.05, 3.63) is 63.1 Å². The van der Waals surface area contributed by atoms with Gasteiger partial charge in [0.05, 0.1) is 11.6 Å². The standard InChI is InChI=1S/C14H10BrClN2/c15-13-7-10(8-17)4-5-14(13)18-9-11-2-1-3-12(16)6-11/h1-7,18H,9H2. The molecule has 4 heteroatoms. The zero-order valence-electron chi connectivity index (χ0n) is 9.45. The molecule has 0 aliphatic heterocycles. The van der Waals surface area contributed by atoms with Gasteiger partial charge < -0.3 is 5.32 Å². The van der Waals surface area contributed by atoms with Crippen LogP contribution in [0.3, 0.4) is 0 Å². The number of rotatable bonds is 3. The Balaban J connectivity index is 2.09. The molecule has 0 heterocycles. The molecule has 2 rings (SSSR count). The average Bonchev–Trinajstić information content (AvgIpc) is 2.37. The highest BCUT2D eigenvalue weighted by molar-refractivity contribution is 9.10. The number of benzene rings is 2. The van der Waals surface area contributed by atoms with Crippen molar-refractivity contribution in [2.45, 2.75) is 6.54 Å². The van der Waals surface area contributed by atoms with Gasteiger partial charge in [-0.2, -0.15) is 5.26 Å². The van der Waals surface area contributed by atoms with E-state index in [2.05, 4.69) is 27.3 Å². The lowest BCUT2D eigenvalue weighted by molar-refractivity contribution is 1.15. The fraction of sp³-hybridized carbons (Fsp3) is 0.0714. The predicted octanol–water partition coefficient (Wildman–Crippen LogP) is 4.59. The number of nitrogens with one attached hydrogen (secondary N) is 1. The third kappa shape index (κ3) is 3.25. The van der Waals surface area contributed by atoms with Gasteiger partial charge in [0.1, 0.15) is 0 Å². The summed E-state index contributed by atoms with van der Waals surface area (Å²) in [5, 5.41) is 12.8. The van der Waals surface area contributed by atoms with E-state index in [0.717, 1.165) is 20.7 Å². The summed E-state index contributed by atoms with van der Waals surface area (Å²) >= 11 is 9.36. The van der Waals surface area contributed by atoms with E-state index in [-0.39, 0.29) is 0 Å². The number of nitriles is 1. The molecule has 0 spiro atoms. The quantitative estimate of drug-likeness (QED) is 0.897. The van der Waals surface area contributed by atoms with Gasteiger partial charge in [0.15, 0.2) is 0 Å². The molecule has 0 saturated heterocycles. The molecule has 2 aromatic carbocycles. The van der Waals surface area contributed by atoms with Crippen LogP contribution in [0.5, 0.6) is 0 Å². The van der Waals surface area contributed by atoms with E-state index >= 15 is 0 Å². The first-order valence-corrected chi connectivity index (χ1v) is 6.54. The second-order valence-electron chi connectivity index (χ2n) is 3.79. The Hall–Kier alpha value is -1.50. The molecule has 0 aliphatic rings. The molecule has 18 heavy (non-hydrogen) atoms. The summed E-state index contributed by atoms with van der Waals surface area (Å²) in [6.07, 6.45) is 0. The van der Waals surface area contributed by atoms with Crippen LogP contribution in [0.1, 0.15) is 11.1 Å². The normalized spacial score (nSPS) is 9.83. The maximum Gasteiger partial charge on any atom is 0.0992 e. The smallest absolute Gasteiger partial charge is 0.0992 e. The van der Waals surface area contributed by atoms with Gasteiger partial charge in [-0.05, 0) is 51.8 Å². The van der Waals surface area contributed by atoms with E-state index in [9.17, 15) is 0 Å². The van der Waals surface area contributed by atoms with E-state index < -0.39 is 0 Å². The molecule has 0 bridgehead atoms. The van der Waals surface area contributed by atoms with Crippen molar-refractivity contribution >= 4 is 33.2 Å². The zero-order chi connectivity index (χ0) is 13.0. The largest absolute Gasteiger partial charge is 0.380 e. The molecule has 0 fully saturated rings. The second-order valence-corrected chi connectivity index (χ2v) is 5.08. The van der Waals surface area contributed by atoms with Crippen LogP contribution in [0.15, 0.2) is 46.9 Å². The van der Waals surface area contributed by atoms with Crippen molar-refractivity contribution in [1.29, 1.82) is 5.26 Å². The van der Waals surface area contributed by atoms with Crippen LogP contribution in [-0.2, 0) is 6.54 Å². The molecular formula is C14H10BrClN2. The minimum absolute atomic E-state index is 0.634. The molecule has 2 nitrogen and oxygen atoms in total. The predicted molar refractivity (Wildman–Crippen MR) is 77.6 cm³/mol. The van der Waals surface area contributed by atoms with Crippen molar-refractivity contribution in [3.8, 4) is 6.07 Å². The number of anilines is 1. The lowest BCUT2D eigenvalue weighted by Crippen LogP contribution is -2.00. The van der Waals surface area contributed by atoms with Gasteiger partial charge >= 0.3 is 0 Å². The van der Waals surface area contributed by atoms with Gasteiger partial charge in [-0.25, -0.2) is 0 Å². The summed E-state index contributed by atoms with van der Waals surface area (Å²) in [4.78, 5) is 0. The Bertz CT molecular complexity index is 605. The van der Waals surface area contributed by atoms with Gasteiger partial charge in [0, 0.05) is 21.7 Å². The van der Waals surface area contributed by atoms with Crippen LogP contribution in [0.4, 0.5) is 5.69 Å². The molecule has 0 unspecified atom stereocenters. The SMILES string of the molecule is N#Cc1ccc(NCc2cccc(Cl)c2)c(Br)c1. The van der Waals surface area contributed by atoms with Crippen LogP contribution >= 0.6 is 27.5 Å². The van der Waals surface area contributed by atoms with Crippen LogP contribution in [0, 0.1) is 11.3 Å². The average molecular weight is 322 g/mol. The van der Waals surface area contributed by atoms with Crippen molar-refractivity contribution in [3.63, 3.8) is 0 Å². The Labute approximate surface area is 119 Å². The lowest BCUT2D eigenvalue weighted by atomic mass is 10.2. The number of nitrogens with zero attached hydrogens (tertiary/aromatic N) is 1. The molecule has 0 atom stereocenters. The number of halogens is 2. The highest BCUT2D eigenvalue weighted by Gasteiger charge is 2.01. The highest BCUT2D eigenvalue weighted by atomic mass is 79.9. The molecule has 1 N–H and O–H groups in total. The molecule has 0 radical (unpaired) electrons. The second kappa shape index (κ2) is 5.90. The Morgan fingerprint density at radius 1 is 1.22 bits per heavy atom. The third-order valence-corrected chi connectivity index (χ3v) is 3.36. The summed E-state index contributed by atoms with van der Waals surface area (Å²) in [5.41, 5.74) is 2.70. The zero-order valence-corrected chi connectivity index (χ0v) is 11.8. The first-order valence-electron chi connectivity index (χ1n) is 5.37. The number of hydrogen-bond acceptors (Lipinski definition) is 2. The maximum absolute atomic E-state index is 8.79. The van der Waals surface area contributed by atoms with E-state index in [4.69, 9.17) is 16.9 Å². The van der Waals surface area contributed by atoms with E-state index in [0.29, 0.717) is 12.1 Å². The third-order valence-electron chi connectivity index (χ3n) is 2.47. The van der Waals surface area contributed by atoms with Crippen LogP contribution < -0.4 is 5.32 Å². The molecule has 0 aromatic heterocycles. The van der Waals surface area contributed by atoms with Crippen molar-refractivity contribution < 1.29 is 0 Å². The summed E-state index contributed by atoms with van der Waals surface area (Å²) < 4.78 is 0.878. The van der Waals surface area contributed by atoms with E-state index in [1.165, 1.54) is 0 Å². The summed E-state index contributed by atoms with van der Waals surface area (Å²) in [6.45, 7) is 0.686. The molecule has 90 valence electrons. The van der Waals surface area contributed by atoms with E-state index in [1.807, 2.05) is 30.3 Å². The topological polar surface area (TPSA) is 35.8 Å². The first-order chi connectivity index (χ1) is 8.69. The summed E-state index contributed by atoms with van der Waals surface area (Å²) in [7, 11) is 0. The van der Waals surface area contributed by atoms with Gasteiger partial charge in [-0.1, -0.05) is 23.7 Å². The fourth-order valence-corrected chi connectivity index (χ4v) is 2.30.